The molecule has 0 spiro atoms. The number of nitrogens with zero attached hydrogens (tertiary/aromatic N) is 2. The first-order valence-electron chi connectivity index (χ1n) is 8.33. The Kier molecular flexibility index (Phi) is 6.17. The fourth-order valence-corrected chi connectivity index (χ4v) is 2.68. The van der Waals surface area contributed by atoms with Crippen LogP contribution in [0.4, 0.5) is 5.82 Å². The smallest absolute Gasteiger partial charge is 0.251 e. The highest BCUT2D eigenvalue weighted by atomic mass is 35.5. The van der Waals surface area contributed by atoms with Crippen molar-refractivity contribution in [2.75, 3.05) is 11.9 Å². The van der Waals surface area contributed by atoms with Gasteiger partial charge in [-0.25, -0.2) is 4.98 Å². The number of carbonyl (C=O) groups excluding carboxylic acids is 1. The number of anilines is 1. The molecule has 2 aromatic heterocycles. The van der Waals surface area contributed by atoms with Crippen LogP contribution in [0.25, 0.3) is 0 Å². The number of rotatable bonds is 7. The van der Waals surface area contributed by atoms with Crippen molar-refractivity contribution < 1.29 is 4.79 Å². The highest BCUT2D eigenvalue weighted by molar-refractivity contribution is 6.30. The lowest BCUT2D eigenvalue weighted by atomic mass is 10.1. The summed E-state index contributed by atoms with van der Waals surface area (Å²) in [4.78, 5) is 20.7. The van der Waals surface area contributed by atoms with Gasteiger partial charge in [-0.1, -0.05) is 29.8 Å². The molecule has 1 amide bonds. The van der Waals surface area contributed by atoms with Crippen molar-refractivity contribution in [2.45, 2.75) is 13.0 Å². The zero-order chi connectivity index (χ0) is 18.2. The van der Waals surface area contributed by atoms with Gasteiger partial charge in [0, 0.05) is 29.5 Å². The average molecular weight is 367 g/mol. The molecule has 0 bridgehead atoms. The molecule has 5 nitrogen and oxygen atoms in total. The number of amides is 1. The summed E-state index contributed by atoms with van der Waals surface area (Å²) in [6.45, 7) is 1.09. The van der Waals surface area contributed by atoms with Crippen molar-refractivity contribution in [1.29, 1.82) is 0 Å². The first kappa shape index (κ1) is 17.9. The van der Waals surface area contributed by atoms with Gasteiger partial charge in [-0.2, -0.15) is 0 Å². The topological polar surface area (TPSA) is 66.9 Å². The van der Waals surface area contributed by atoms with Crippen LogP contribution in [0.1, 0.15) is 21.6 Å². The van der Waals surface area contributed by atoms with Gasteiger partial charge in [0.2, 0.25) is 0 Å². The van der Waals surface area contributed by atoms with Crippen molar-refractivity contribution in [1.82, 2.24) is 15.3 Å². The van der Waals surface area contributed by atoms with Crippen LogP contribution >= 0.6 is 11.6 Å². The van der Waals surface area contributed by atoms with E-state index in [1.54, 1.807) is 24.5 Å². The molecule has 0 saturated carbocycles. The summed E-state index contributed by atoms with van der Waals surface area (Å²) in [5, 5.41) is 6.82. The molecule has 0 saturated heterocycles. The van der Waals surface area contributed by atoms with Gasteiger partial charge in [-0.05, 0) is 48.4 Å². The van der Waals surface area contributed by atoms with Gasteiger partial charge in [0.15, 0.2) is 0 Å². The largest absolute Gasteiger partial charge is 0.370 e. The van der Waals surface area contributed by atoms with E-state index in [9.17, 15) is 4.79 Å². The Morgan fingerprint density at radius 2 is 1.92 bits per heavy atom. The number of hydrogen-bond donors (Lipinski definition) is 2. The van der Waals surface area contributed by atoms with Gasteiger partial charge in [0.25, 0.3) is 5.91 Å². The van der Waals surface area contributed by atoms with Crippen LogP contribution in [0.3, 0.4) is 0 Å². The molecule has 1 aromatic carbocycles. The summed E-state index contributed by atoms with van der Waals surface area (Å²) in [5.74, 6) is 0.508. The molecule has 2 heterocycles. The van der Waals surface area contributed by atoms with E-state index in [0.29, 0.717) is 24.5 Å². The SMILES string of the molecule is O=C(NCc1ccccn1)c1ccnc(NCCc2cccc(Cl)c2)c1. The van der Waals surface area contributed by atoms with Crippen molar-refractivity contribution in [3.05, 3.63) is 88.8 Å². The number of carbonyl (C=O) groups is 1. The number of halogens is 1. The maximum atomic E-state index is 12.3. The molecule has 0 aliphatic carbocycles. The standard InChI is InChI=1S/C20H19ClN4O/c21-17-5-3-4-15(12-17)7-10-23-19-13-16(8-11-24-19)20(26)25-14-18-6-1-2-9-22-18/h1-6,8-9,11-13H,7,10,14H2,(H,23,24)(H,25,26). The Bertz CT molecular complexity index is 870. The molecule has 0 radical (unpaired) electrons. The molecule has 0 atom stereocenters. The Labute approximate surface area is 157 Å². The van der Waals surface area contributed by atoms with E-state index in [2.05, 4.69) is 20.6 Å². The quantitative estimate of drug-likeness (QED) is 0.668. The van der Waals surface area contributed by atoms with Crippen LogP contribution in [0, 0.1) is 0 Å². The summed E-state index contributed by atoms with van der Waals surface area (Å²) in [5.41, 5.74) is 2.52. The van der Waals surface area contributed by atoms with Crippen molar-refractivity contribution >= 4 is 23.3 Å². The predicted octanol–water partition coefficient (Wildman–Crippen LogP) is 3.71. The second kappa shape index (κ2) is 8.97. The lowest BCUT2D eigenvalue weighted by Gasteiger charge is -2.08. The van der Waals surface area contributed by atoms with Gasteiger partial charge < -0.3 is 10.6 Å². The number of pyridine rings is 2. The van der Waals surface area contributed by atoms with E-state index < -0.39 is 0 Å². The molecule has 132 valence electrons. The molecule has 2 N–H and O–H groups in total. The maximum absolute atomic E-state index is 12.3. The third kappa shape index (κ3) is 5.29. The predicted molar refractivity (Wildman–Crippen MR) is 103 cm³/mol. The molecule has 0 fully saturated rings. The second-order valence-corrected chi connectivity index (χ2v) is 6.18. The monoisotopic (exact) mass is 366 g/mol. The molecule has 3 rings (SSSR count). The summed E-state index contributed by atoms with van der Waals surface area (Å²) in [6, 6.07) is 16.8. The molecule has 3 aromatic rings. The third-order valence-corrected chi connectivity index (χ3v) is 4.02. The van der Waals surface area contributed by atoms with Gasteiger partial charge >= 0.3 is 0 Å². The van der Waals surface area contributed by atoms with E-state index >= 15 is 0 Å². The highest BCUT2D eigenvalue weighted by Gasteiger charge is 2.07. The van der Waals surface area contributed by atoms with Crippen LogP contribution in [-0.4, -0.2) is 22.4 Å². The van der Waals surface area contributed by atoms with E-state index in [1.807, 2.05) is 42.5 Å². The van der Waals surface area contributed by atoms with Crippen molar-refractivity contribution in [3.8, 4) is 0 Å². The summed E-state index contributed by atoms with van der Waals surface area (Å²) >= 11 is 5.99. The minimum atomic E-state index is -0.157. The normalized spacial score (nSPS) is 10.3. The van der Waals surface area contributed by atoms with Gasteiger partial charge in [-0.3, -0.25) is 9.78 Å². The molecular formula is C20H19ClN4O. The number of nitrogens with one attached hydrogen (secondary N) is 2. The third-order valence-electron chi connectivity index (χ3n) is 3.79. The molecule has 0 aliphatic heterocycles. The van der Waals surface area contributed by atoms with Crippen molar-refractivity contribution in [3.63, 3.8) is 0 Å². The lowest BCUT2D eigenvalue weighted by molar-refractivity contribution is 0.0950. The fraction of sp³-hybridized carbons (Fsp3) is 0.150. The first-order valence-corrected chi connectivity index (χ1v) is 8.71. The van der Waals surface area contributed by atoms with E-state index in [4.69, 9.17) is 11.6 Å². The molecule has 26 heavy (non-hydrogen) atoms. The van der Waals surface area contributed by atoms with E-state index in [0.717, 1.165) is 22.7 Å². The molecule has 0 unspecified atom stereocenters. The second-order valence-electron chi connectivity index (χ2n) is 5.74. The van der Waals surface area contributed by atoms with E-state index in [1.165, 1.54) is 0 Å². The van der Waals surface area contributed by atoms with Crippen LogP contribution in [0.5, 0.6) is 0 Å². The Morgan fingerprint density at radius 3 is 2.73 bits per heavy atom. The molecule has 0 aliphatic rings. The van der Waals surface area contributed by atoms with Crippen LogP contribution in [-0.2, 0) is 13.0 Å². The van der Waals surface area contributed by atoms with Gasteiger partial charge in [0.05, 0.1) is 12.2 Å². The number of hydrogen-bond acceptors (Lipinski definition) is 4. The van der Waals surface area contributed by atoms with Crippen LogP contribution < -0.4 is 10.6 Å². The Morgan fingerprint density at radius 1 is 1.00 bits per heavy atom. The summed E-state index contributed by atoms with van der Waals surface area (Å²) in [6.07, 6.45) is 4.14. The zero-order valence-electron chi connectivity index (χ0n) is 14.2. The molecular weight excluding hydrogens is 348 g/mol. The molecule has 6 heteroatoms. The first-order chi connectivity index (χ1) is 12.7. The van der Waals surface area contributed by atoms with Crippen molar-refractivity contribution in [2.24, 2.45) is 0 Å². The van der Waals surface area contributed by atoms with Crippen LogP contribution in [0.2, 0.25) is 5.02 Å². The van der Waals surface area contributed by atoms with Crippen LogP contribution in [0.15, 0.2) is 67.0 Å². The van der Waals surface area contributed by atoms with E-state index in [-0.39, 0.29) is 5.91 Å². The zero-order valence-corrected chi connectivity index (χ0v) is 14.9. The highest BCUT2D eigenvalue weighted by Crippen LogP contribution is 2.12. The van der Waals surface area contributed by atoms with Gasteiger partial charge in [0.1, 0.15) is 5.82 Å². The Hall–Kier alpha value is -2.92. The fourth-order valence-electron chi connectivity index (χ4n) is 2.47. The number of aromatic nitrogens is 2. The average Bonchev–Trinajstić information content (AvgIpc) is 2.67. The van der Waals surface area contributed by atoms with Gasteiger partial charge in [-0.15, -0.1) is 0 Å². The minimum absolute atomic E-state index is 0.157. The Balaban J connectivity index is 1.53. The lowest BCUT2D eigenvalue weighted by Crippen LogP contribution is -2.23. The minimum Gasteiger partial charge on any atom is -0.370 e. The number of benzene rings is 1. The summed E-state index contributed by atoms with van der Waals surface area (Å²) < 4.78 is 0. The summed E-state index contributed by atoms with van der Waals surface area (Å²) in [7, 11) is 0. The maximum Gasteiger partial charge on any atom is 0.251 e.